The molecule has 6 nitrogen and oxygen atoms in total. The average molecular weight is 493 g/mol. The number of ether oxygens (including phenoxy) is 1. The van der Waals surface area contributed by atoms with E-state index in [1.807, 2.05) is 0 Å². The van der Waals surface area contributed by atoms with Crippen molar-refractivity contribution in [3.63, 3.8) is 0 Å². The van der Waals surface area contributed by atoms with E-state index >= 15 is 0 Å². The third kappa shape index (κ3) is 5.83. The standard InChI is InChI=1S/C21H21F5NO5P/c1-11(2)30-15(28)10-27-33(29,31-14-8-7-12-5-3-4-6-13(12)9-14)32-21-19(25)17(23)16(22)18(24)20(21)26/h7-9,11H,3-6,10H2,1-2H3,(H,27,29)/t33-/m0/s1. The third-order valence-electron chi connectivity index (χ3n) is 4.71. The van der Waals surface area contributed by atoms with Gasteiger partial charge in [-0.3, -0.25) is 4.79 Å². The van der Waals surface area contributed by atoms with Crippen molar-refractivity contribution in [2.75, 3.05) is 6.54 Å². The third-order valence-corrected chi connectivity index (χ3v) is 6.13. The van der Waals surface area contributed by atoms with Gasteiger partial charge in [0, 0.05) is 0 Å². The highest BCUT2D eigenvalue weighted by molar-refractivity contribution is 7.52. The van der Waals surface area contributed by atoms with Gasteiger partial charge in [-0.25, -0.2) is 17.7 Å². The van der Waals surface area contributed by atoms with Gasteiger partial charge in [-0.15, -0.1) is 0 Å². The fourth-order valence-electron chi connectivity index (χ4n) is 3.24. The summed E-state index contributed by atoms with van der Waals surface area (Å²) in [4.78, 5) is 11.8. The second kappa shape index (κ2) is 10.1. The molecular formula is C21H21F5NO5P. The Bertz CT molecular complexity index is 1080. The van der Waals surface area contributed by atoms with Crippen molar-refractivity contribution in [3.05, 3.63) is 58.4 Å². The number of hydrogen-bond donors (Lipinski definition) is 1. The molecule has 0 radical (unpaired) electrons. The van der Waals surface area contributed by atoms with Crippen molar-refractivity contribution >= 4 is 13.7 Å². The molecule has 1 aliphatic rings. The minimum Gasteiger partial charge on any atom is -0.462 e. The van der Waals surface area contributed by atoms with Crippen LogP contribution in [0.4, 0.5) is 22.0 Å². The number of carbonyl (C=O) groups is 1. The zero-order chi connectivity index (χ0) is 24.3. The van der Waals surface area contributed by atoms with E-state index < -0.39 is 61.2 Å². The van der Waals surface area contributed by atoms with E-state index in [1.165, 1.54) is 12.1 Å². The molecule has 0 aromatic heterocycles. The second-order valence-electron chi connectivity index (χ2n) is 7.59. The molecule has 2 aromatic carbocycles. The number of hydrogen-bond acceptors (Lipinski definition) is 5. The highest BCUT2D eigenvalue weighted by Crippen LogP contribution is 2.47. The number of esters is 1. The summed E-state index contributed by atoms with van der Waals surface area (Å²) in [5.74, 6) is -14.4. The number of benzene rings is 2. The first-order valence-corrected chi connectivity index (χ1v) is 11.6. The number of nitrogens with one attached hydrogen (secondary N) is 1. The van der Waals surface area contributed by atoms with Gasteiger partial charge in [0.1, 0.15) is 12.3 Å². The first kappa shape index (κ1) is 25.0. The first-order chi connectivity index (χ1) is 15.5. The van der Waals surface area contributed by atoms with Crippen LogP contribution in [0.25, 0.3) is 0 Å². The summed E-state index contributed by atoms with van der Waals surface area (Å²) in [5, 5.41) is 2.05. The molecule has 0 heterocycles. The average Bonchev–Trinajstić information content (AvgIpc) is 2.77. The Labute approximate surface area is 186 Å². The fourth-order valence-corrected chi connectivity index (χ4v) is 4.52. The summed E-state index contributed by atoms with van der Waals surface area (Å²) in [6, 6.07) is 4.67. The Hall–Kier alpha value is -2.65. The maximum Gasteiger partial charge on any atom is 0.513 e. The van der Waals surface area contributed by atoms with E-state index in [-0.39, 0.29) is 5.75 Å². The summed E-state index contributed by atoms with van der Waals surface area (Å²) in [6.45, 7) is 2.30. The van der Waals surface area contributed by atoms with Gasteiger partial charge >= 0.3 is 13.7 Å². The number of fused-ring (bicyclic) bond motifs is 1. The van der Waals surface area contributed by atoms with Crippen LogP contribution in [-0.4, -0.2) is 18.6 Å². The molecule has 33 heavy (non-hydrogen) atoms. The summed E-state index contributed by atoms with van der Waals surface area (Å²) < 4.78 is 96.9. The number of carbonyl (C=O) groups excluding carboxylic acids is 1. The summed E-state index contributed by atoms with van der Waals surface area (Å²) in [6.07, 6.45) is 2.91. The second-order valence-corrected chi connectivity index (χ2v) is 9.27. The lowest BCUT2D eigenvalue weighted by atomic mass is 9.92. The Balaban J connectivity index is 1.94. The molecule has 3 rings (SSSR count). The lowest BCUT2D eigenvalue weighted by Gasteiger charge is -2.22. The van der Waals surface area contributed by atoms with Crippen LogP contribution in [0.1, 0.15) is 37.8 Å². The van der Waals surface area contributed by atoms with Gasteiger partial charge in [-0.2, -0.15) is 13.9 Å². The Morgan fingerprint density at radius 1 is 0.939 bits per heavy atom. The SMILES string of the molecule is CC(C)OC(=O)CN[P@](=O)(Oc1ccc2c(c1)CCCC2)Oc1c(F)c(F)c(F)c(F)c1F. The predicted molar refractivity (Wildman–Crippen MR) is 107 cm³/mol. The van der Waals surface area contributed by atoms with Crippen LogP contribution in [0.2, 0.25) is 0 Å². The molecule has 0 saturated heterocycles. The van der Waals surface area contributed by atoms with E-state index in [0.29, 0.717) is 6.42 Å². The summed E-state index contributed by atoms with van der Waals surface area (Å²) in [5.41, 5.74) is 1.93. The molecule has 180 valence electrons. The smallest absolute Gasteiger partial charge is 0.462 e. The van der Waals surface area contributed by atoms with Gasteiger partial charge in [0.2, 0.25) is 34.8 Å². The van der Waals surface area contributed by atoms with Crippen molar-refractivity contribution in [2.45, 2.75) is 45.6 Å². The maximum atomic E-state index is 14.1. The molecule has 12 heteroatoms. The summed E-state index contributed by atoms with van der Waals surface area (Å²) >= 11 is 0. The zero-order valence-corrected chi connectivity index (χ0v) is 18.6. The molecule has 0 bridgehead atoms. The van der Waals surface area contributed by atoms with Gasteiger partial charge in [0.25, 0.3) is 0 Å². The number of halogens is 5. The fraction of sp³-hybridized carbons (Fsp3) is 0.381. The summed E-state index contributed by atoms with van der Waals surface area (Å²) in [7, 11) is -4.89. The highest BCUT2D eigenvalue weighted by atomic mass is 31.2. The van der Waals surface area contributed by atoms with E-state index in [4.69, 9.17) is 13.8 Å². The molecule has 0 fully saturated rings. The lowest BCUT2D eigenvalue weighted by Crippen LogP contribution is -2.28. The molecule has 0 amide bonds. The van der Waals surface area contributed by atoms with E-state index in [9.17, 15) is 31.3 Å². The largest absolute Gasteiger partial charge is 0.513 e. The van der Waals surface area contributed by atoms with E-state index in [0.717, 1.165) is 30.4 Å². The minimum atomic E-state index is -4.89. The molecule has 0 spiro atoms. The van der Waals surface area contributed by atoms with E-state index in [2.05, 4.69) is 5.09 Å². The lowest BCUT2D eigenvalue weighted by molar-refractivity contribution is -0.145. The molecule has 0 aliphatic heterocycles. The topological polar surface area (TPSA) is 73.9 Å². The van der Waals surface area contributed by atoms with Crippen LogP contribution in [-0.2, 0) is 26.9 Å². The zero-order valence-electron chi connectivity index (χ0n) is 17.7. The molecule has 1 atom stereocenters. The Morgan fingerprint density at radius 3 is 2.12 bits per heavy atom. The normalized spacial score (nSPS) is 15.0. The highest BCUT2D eigenvalue weighted by Gasteiger charge is 2.36. The molecule has 1 N–H and O–H groups in total. The van der Waals surface area contributed by atoms with Gasteiger partial charge in [0.15, 0.2) is 0 Å². The monoisotopic (exact) mass is 493 g/mol. The van der Waals surface area contributed by atoms with Crippen LogP contribution in [0.3, 0.4) is 0 Å². The molecule has 1 aliphatic carbocycles. The molecule has 2 aromatic rings. The van der Waals surface area contributed by atoms with Crippen molar-refractivity contribution in [3.8, 4) is 11.5 Å². The van der Waals surface area contributed by atoms with Gasteiger partial charge < -0.3 is 13.8 Å². The number of rotatable bonds is 8. The quantitative estimate of drug-likeness (QED) is 0.175. The van der Waals surface area contributed by atoms with Crippen molar-refractivity contribution in [1.82, 2.24) is 5.09 Å². The maximum absolute atomic E-state index is 14.1. The number of aryl methyl sites for hydroxylation is 2. The van der Waals surface area contributed by atoms with Crippen LogP contribution in [0, 0.1) is 29.1 Å². The van der Waals surface area contributed by atoms with E-state index in [1.54, 1.807) is 19.9 Å². The Morgan fingerprint density at radius 2 is 1.52 bits per heavy atom. The molecule has 0 unspecified atom stereocenters. The van der Waals surface area contributed by atoms with Crippen molar-refractivity contribution < 1.29 is 45.1 Å². The van der Waals surface area contributed by atoms with Crippen LogP contribution < -0.4 is 14.1 Å². The van der Waals surface area contributed by atoms with Crippen molar-refractivity contribution in [2.24, 2.45) is 0 Å². The predicted octanol–water partition coefficient (Wildman–Crippen LogP) is 5.37. The van der Waals surface area contributed by atoms with Crippen LogP contribution in [0.5, 0.6) is 11.5 Å². The first-order valence-electron chi connectivity index (χ1n) is 10.1. The van der Waals surface area contributed by atoms with Gasteiger partial charge in [-0.05, 0) is 62.8 Å². The van der Waals surface area contributed by atoms with Gasteiger partial charge in [0.05, 0.1) is 6.10 Å². The molecule has 0 saturated carbocycles. The minimum absolute atomic E-state index is 0.0485. The van der Waals surface area contributed by atoms with Crippen LogP contribution >= 0.6 is 7.75 Å². The Kier molecular flexibility index (Phi) is 7.64. The van der Waals surface area contributed by atoms with Gasteiger partial charge in [-0.1, -0.05) is 6.07 Å². The van der Waals surface area contributed by atoms with Crippen molar-refractivity contribution in [1.29, 1.82) is 0 Å². The van der Waals surface area contributed by atoms with Crippen LogP contribution in [0.15, 0.2) is 18.2 Å². The molecular weight excluding hydrogens is 472 g/mol.